The number of likely N-dealkylation sites (N-methyl/N-ethyl adjacent to an activating group) is 1. The van der Waals surface area contributed by atoms with Crippen molar-refractivity contribution in [3.8, 4) is 11.5 Å². The first kappa shape index (κ1) is 22.8. The summed E-state index contributed by atoms with van der Waals surface area (Å²) >= 11 is 6.23. The number of fused-ring (bicyclic) bond motifs is 1. The summed E-state index contributed by atoms with van der Waals surface area (Å²) in [4.78, 5) is 14.9. The Morgan fingerprint density at radius 3 is 2.44 bits per heavy atom. The molecule has 172 valence electrons. The molecule has 0 saturated carbocycles. The number of carbonyl (C=O) groups excluding carboxylic acids is 1. The smallest absolute Gasteiger partial charge is 0.243 e. The van der Waals surface area contributed by atoms with Gasteiger partial charge >= 0.3 is 0 Å². The lowest BCUT2D eigenvalue weighted by atomic mass is 10.1. The third kappa shape index (κ3) is 5.01. The summed E-state index contributed by atoms with van der Waals surface area (Å²) in [5.74, 6) is 0.778. The number of sulfonamides is 1. The minimum atomic E-state index is -3.55. The highest BCUT2D eigenvalue weighted by atomic mass is 35.5. The molecule has 0 atom stereocenters. The van der Waals surface area contributed by atoms with Gasteiger partial charge in [-0.05, 0) is 48.5 Å². The normalized spacial score (nSPS) is 17.2. The number of halogens is 1. The van der Waals surface area contributed by atoms with Gasteiger partial charge in [0.1, 0.15) is 13.2 Å². The molecule has 2 aliphatic heterocycles. The SMILES string of the molecule is CCN1CCN(S(=O)(=O)c2ccc(NC(=O)Cc3cc(Cl)c4c(c3)OCCO4)cc2)CC1. The van der Waals surface area contributed by atoms with E-state index >= 15 is 0 Å². The summed E-state index contributed by atoms with van der Waals surface area (Å²) in [5, 5.41) is 3.19. The van der Waals surface area contributed by atoms with Gasteiger partial charge in [-0.25, -0.2) is 8.42 Å². The Morgan fingerprint density at radius 1 is 1.06 bits per heavy atom. The van der Waals surface area contributed by atoms with Gasteiger partial charge in [-0.1, -0.05) is 18.5 Å². The molecule has 0 unspecified atom stereocenters. The molecule has 1 N–H and O–H groups in total. The standard InChI is InChI=1S/C22H26ClN3O5S/c1-2-25-7-9-26(10-8-25)32(28,29)18-5-3-17(4-6-18)24-21(27)15-16-13-19(23)22-20(14-16)30-11-12-31-22/h3-6,13-14H,2,7-12,15H2,1H3,(H,24,27). The van der Waals surface area contributed by atoms with Crippen molar-refractivity contribution in [1.29, 1.82) is 0 Å². The Bertz CT molecular complexity index is 1080. The molecule has 0 spiro atoms. The Balaban J connectivity index is 1.38. The monoisotopic (exact) mass is 479 g/mol. The number of nitrogens with one attached hydrogen (secondary N) is 1. The highest BCUT2D eigenvalue weighted by Crippen LogP contribution is 2.38. The lowest BCUT2D eigenvalue weighted by Crippen LogP contribution is -2.48. The summed E-state index contributed by atoms with van der Waals surface area (Å²) in [6.45, 7) is 6.27. The number of rotatable bonds is 6. The first-order valence-electron chi connectivity index (χ1n) is 10.6. The molecule has 1 fully saturated rings. The summed E-state index contributed by atoms with van der Waals surface area (Å²) in [7, 11) is -3.55. The quantitative estimate of drug-likeness (QED) is 0.685. The van der Waals surface area contributed by atoms with Crippen LogP contribution in [0.2, 0.25) is 5.02 Å². The van der Waals surface area contributed by atoms with Gasteiger partial charge < -0.3 is 19.7 Å². The van der Waals surface area contributed by atoms with Crippen molar-refractivity contribution >= 4 is 33.2 Å². The van der Waals surface area contributed by atoms with E-state index < -0.39 is 10.0 Å². The van der Waals surface area contributed by atoms with Gasteiger partial charge in [0.15, 0.2) is 11.5 Å². The molecular formula is C22H26ClN3O5S. The minimum absolute atomic E-state index is 0.0954. The van der Waals surface area contributed by atoms with E-state index in [0.717, 1.165) is 19.6 Å². The zero-order valence-corrected chi connectivity index (χ0v) is 19.4. The van der Waals surface area contributed by atoms with Gasteiger partial charge in [0.25, 0.3) is 0 Å². The lowest BCUT2D eigenvalue weighted by Gasteiger charge is -2.33. The van der Waals surface area contributed by atoms with Crippen LogP contribution in [0.3, 0.4) is 0 Å². The van der Waals surface area contributed by atoms with Crippen LogP contribution in [-0.4, -0.2) is 69.5 Å². The van der Waals surface area contributed by atoms with E-state index in [-0.39, 0.29) is 17.2 Å². The lowest BCUT2D eigenvalue weighted by molar-refractivity contribution is -0.115. The zero-order chi connectivity index (χ0) is 22.7. The van der Waals surface area contributed by atoms with Crippen LogP contribution in [0.1, 0.15) is 12.5 Å². The van der Waals surface area contributed by atoms with E-state index in [1.165, 1.54) is 16.4 Å². The fourth-order valence-corrected chi connectivity index (χ4v) is 5.51. The molecule has 32 heavy (non-hydrogen) atoms. The van der Waals surface area contributed by atoms with Crippen LogP contribution in [0, 0.1) is 0 Å². The van der Waals surface area contributed by atoms with Crippen molar-refractivity contribution in [3.63, 3.8) is 0 Å². The number of benzene rings is 2. The maximum Gasteiger partial charge on any atom is 0.243 e. The number of amides is 1. The Hall–Kier alpha value is -2.33. The van der Waals surface area contributed by atoms with Gasteiger partial charge in [0.2, 0.25) is 15.9 Å². The van der Waals surface area contributed by atoms with Gasteiger partial charge in [0.05, 0.1) is 16.3 Å². The maximum atomic E-state index is 12.9. The van der Waals surface area contributed by atoms with Crippen molar-refractivity contribution in [1.82, 2.24) is 9.21 Å². The maximum absolute atomic E-state index is 12.9. The summed E-state index contributed by atoms with van der Waals surface area (Å²) in [5.41, 5.74) is 1.22. The van der Waals surface area contributed by atoms with Crippen LogP contribution in [0.15, 0.2) is 41.3 Å². The highest BCUT2D eigenvalue weighted by molar-refractivity contribution is 7.89. The Morgan fingerprint density at radius 2 is 1.75 bits per heavy atom. The van der Waals surface area contributed by atoms with E-state index in [4.69, 9.17) is 21.1 Å². The molecule has 0 aromatic heterocycles. The number of hydrogen-bond acceptors (Lipinski definition) is 6. The third-order valence-corrected chi connectivity index (χ3v) is 7.77. The van der Waals surface area contributed by atoms with Crippen LogP contribution in [-0.2, 0) is 21.2 Å². The van der Waals surface area contributed by atoms with E-state index in [0.29, 0.717) is 54.1 Å². The van der Waals surface area contributed by atoms with Crippen molar-refractivity contribution in [2.24, 2.45) is 0 Å². The molecule has 2 heterocycles. The van der Waals surface area contributed by atoms with Crippen LogP contribution >= 0.6 is 11.6 Å². The van der Waals surface area contributed by atoms with Crippen LogP contribution < -0.4 is 14.8 Å². The zero-order valence-electron chi connectivity index (χ0n) is 17.8. The predicted octanol–water partition coefficient (Wildman–Crippen LogP) is 2.62. The average Bonchev–Trinajstić information content (AvgIpc) is 2.79. The number of piperazine rings is 1. The summed E-state index contributed by atoms with van der Waals surface area (Å²) in [6, 6.07) is 9.68. The molecule has 2 aliphatic rings. The fraction of sp³-hybridized carbons (Fsp3) is 0.409. The minimum Gasteiger partial charge on any atom is -0.486 e. The largest absolute Gasteiger partial charge is 0.486 e. The molecule has 0 aliphatic carbocycles. The van der Waals surface area contributed by atoms with Crippen LogP contribution in [0.25, 0.3) is 0 Å². The number of nitrogens with zero attached hydrogens (tertiary/aromatic N) is 2. The highest BCUT2D eigenvalue weighted by Gasteiger charge is 2.28. The molecule has 1 amide bonds. The summed E-state index contributed by atoms with van der Waals surface area (Å²) < 4.78 is 38.3. The van der Waals surface area contributed by atoms with Crippen molar-refractivity contribution in [2.75, 3.05) is 51.3 Å². The average molecular weight is 480 g/mol. The topological polar surface area (TPSA) is 88.2 Å². The number of anilines is 1. The second-order valence-corrected chi connectivity index (χ2v) is 10.0. The first-order valence-corrected chi connectivity index (χ1v) is 12.4. The predicted molar refractivity (Wildman–Crippen MR) is 122 cm³/mol. The number of hydrogen-bond donors (Lipinski definition) is 1. The number of carbonyl (C=O) groups is 1. The molecule has 4 rings (SSSR count). The molecule has 8 nitrogen and oxygen atoms in total. The summed E-state index contributed by atoms with van der Waals surface area (Å²) in [6.07, 6.45) is 0.0954. The Kier molecular flexibility index (Phi) is 6.90. The Labute approximate surface area is 193 Å². The van der Waals surface area contributed by atoms with Crippen LogP contribution in [0.5, 0.6) is 11.5 Å². The van der Waals surface area contributed by atoms with Crippen molar-refractivity contribution < 1.29 is 22.7 Å². The van der Waals surface area contributed by atoms with E-state index in [1.54, 1.807) is 24.3 Å². The van der Waals surface area contributed by atoms with E-state index in [2.05, 4.69) is 17.1 Å². The molecule has 2 aromatic carbocycles. The molecule has 1 saturated heterocycles. The molecule has 0 bridgehead atoms. The molecule has 2 aromatic rings. The van der Waals surface area contributed by atoms with E-state index in [1.807, 2.05) is 0 Å². The van der Waals surface area contributed by atoms with Crippen molar-refractivity contribution in [2.45, 2.75) is 18.2 Å². The second kappa shape index (κ2) is 9.66. The van der Waals surface area contributed by atoms with Crippen LogP contribution in [0.4, 0.5) is 5.69 Å². The number of ether oxygens (including phenoxy) is 2. The first-order chi connectivity index (χ1) is 15.4. The van der Waals surface area contributed by atoms with Gasteiger partial charge in [-0.2, -0.15) is 4.31 Å². The van der Waals surface area contributed by atoms with Gasteiger partial charge in [-0.15, -0.1) is 0 Å². The van der Waals surface area contributed by atoms with Crippen molar-refractivity contribution in [3.05, 3.63) is 47.0 Å². The second-order valence-electron chi connectivity index (χ2n) is 7.69. The van der Waals surface area contributed by atoms with Gasteiger partial charge in [-0.3, -0.25) is 4.79 Å². The fourth-order valence-electron chi connectivity index (χ4n) is 3.80. The molecule has 0 radical (unpaired) electrons. The molecular weight excluding hydrogens is 454 g/mol. The van der Waals surface area contributed by atoms with E-state index in [9.17, 15) is 13.2 Å². The molecule has 10 heteroatoms. The van der Waals surface area contributed by atoms with Gasteiger partial charge in [0, 0.05) is 31.9 Å². The third-order valence-electron chi connectivity index (χ3n) is 5.58.